The predicted molar refractivity (Wildman–Crippen MR) is 249 cm³/mol. The molecule has 1 atom stereocenters. The molecule has 1 aromatic heterocycles. The van der Waals surface area contributed by atoms with Crippen molar-refractivity contribution in [2.24, 2.45) is 0 Å². The highest BCUT2D eigenvalue weighted by atomic mass is 19.4. The zero-order chi connectivity index (χ0) is 49.2. The summed E-state index contributed by atoms with van der Waals surface area (Å²) in [6.07, 6.45) is 2.39. The van der Waals surface area contributed by atoms with Crippen LogP contribution >= 0.6 is 0 Å². The molecule has 69 heavy (non-hydrogen) atoms. The molecule has 0 aliphatic carbocycles. The third-order valence-corrected chi connectivity index (χ3v) is 11.9. The molecule has 7 rings (SSSR count). The second-order valence-electron chi connectivity index (χ2n) is 16.6. The first-order valence-electron chi connectivity index (χ1n) is 22.5. The van der Waals surface area contributed by atoms with Crippen molar-refractivity contribution >= 4 is 81.6 Å². The SMILES string of the molecule is C=CC(=O)Nc1cccc(Nc2nc(Nc3ccc(N4CCN(C(=O)CCCCCCCCC(=O)Nc5cccc6c5C(=O)N(C5CCC(=O)NC5=O)C6=O)CC4)cc3OC)ncc2C(F)(F)F)c1. The quantitative estimate of drug-likeness (QED) is 0.0366. The third kappa shape index (κ3) is 12.0. The van der Waals surface area contributed by atoms with Crippen molar-refractivity contribution in [1.29, 1.82) is 0 Å². The predicted octanol–water partition coefficient (Wildman–Crippen LogP) is 6.93. The Kier molecular flexibility index (Phi) is 15.5. The number of hydrogen-bond acceptors (Lipinski definition) is 13. The number of benzene rings is 3. The number of carbonyl (C=O) groups excluding carboxylic acids is 7. The summed E-state index contributed by atoms with van der Waals surface area (Å²) in [4.78, 5) is 101. The van der Waals surface area contributed by atoms with Gasteiger partial charge < -0.3 is 35.8 Å². The topological polar surface area (TPSA) is 224 Å². The first-order valence-corrected chi connectivity index (χ1v) is 22.5. The average molecular weight is 953 g/mol. The van der Waals surface area contributed by atoms with E-state index < -0.39 is 53.1 Å². The highest BCUT2D eigenvalue weighted by Crippen LogP contribution is 2.38. The van der Waals surface area contributed by atoms with E-state index in [0.29, 0.717) is 62.3 Å². The Labute approximate surface area is 395 Å². The number of imide groups is 2. The minimum atomic E-state index is -4.77. The summed E-state index contributed by atoms with van der Waals surface area (Å²) in [6.45, 7) is 5.60. The highest BCUT2D eigenvalue weighted by Gasteiger charge is 2.46. The van der Waals surface area contributed by atoms with Gasteiger partial charge in [0, 0.05) is 74.8 Å². The first-order chi connectivity index (χ1) is 33.1. The number of nitrogens with zero attached hydrogens (tertiary/aromatic N) is 5. The number of nitrogens with one attached hydrogen (secondary N) is 5. The number of alkyl halides is 3. The molecule has 0 spiro atoms. The molecule has 4 heterocycles. The molecule has 2 fully saturated rings. The van der Waals surface area contributed by atoms with Gasteiger partial charge in [-0.2, -0.15) is 18.2 Å². The Balaban J connectivity index is 0.816. The van der Waals surface area contributed by atoms with Crippen LogP contribution in [0.4, 0.5) is 53.4 Å². The summed E-state index contributed by atoms with van der Waals surface area (Å²) < 4.78 is 47.6. The average Bonchev–Trinajstić information content (AvgIpc) is 3.58. The molecule has 3 aliphatic heterocycles. The maximum absolute atomic E-state index is 14.0. The molecule has 7 amide bonds. The van der Waals surface area contributed by atoms with Crippen LogP contribution in [-0.4, -0.2) is 100 Å². The number of ether oxygens (including phenoxy) is 1. The van der Waals surface area contributed by atoms with E-state index in [9.17, 15) is 46.7 Å². The minimum absolute atomic E-state index is 0.00452. The molecule has 21 heteroatoms. The zero-order valence-electron chi connectivity index (χ0n) is 37.7. The molecule has 5 N–H and O–H groups in total. The van der Waals surface area contributed by atoms with Gasteiger partial charge >= 0.3 is 6.18 Å². The molecule has 0 bridgehead atoms. The standard InChI is InChI=1S/C48H51F3N10O8/c1-3-38(62)53-29-12-10-13-30(26-29)54-43-33(48(49,50)51)28-52-47(58-43)56-34-19-18-31(27-37(34)69-2)59-22-24-60(25-23-59)41(65)17-9-7-5-4-6-8-16-39(63)55-35-15-11-14-32-42(35)46(68)61(45(32)67)36-20-21-40(64)57-44(36)66/h3,10-15,18-19,26-28,36H,1,4-9,16-17,20-25H2,2H3,(H,53,62)(H,55,63)(H,57,64,66)(H2,52,54,56,58). The number of methoxy groups -OCH3 is 1. The number of anilines is 7. The number of hydrogen-bond donors (Lipinski definition) is 5. The molecule has 362 valence electrons. The van der Waals surface area contributed by atoms with Crippen LogP contribution in [0.1, 0.15) is 90.5 Å². The number of piperazine rings is 1. The van der Waals surface area contributed by atoms with Crippen LogP contribution in [0.2, 0.25) is 0 Å². The van der Waals surface area contributed by atoms with Crippen molar-refractivity contribution in [1.82, 2.24) is 25.1 Å². The fourth-order valence-corrected chi connectivity index (χ4v) is 8.32. The Morgan fingerprint density at radius 1 is 0.841 bits per heavy atom. The molecule has 1 unspecified atom stereocenters. The Morgan fingerprint density at radius 2 is 1.55 bits per heavy atom. The Bertz CT molecular complexity index is 2650. The molecular formula is C48H51F3N10O8. The van der Waals surface area contributed by atoms with Gasteiger partial charge in [0.2, 0.25) is 35.5 Å². The number of aromatic nitrogens is 2. The largest absolute Gasteiger partial charge is 0.494 e. The molecule has 3 aliphatic rings. The van der Waals surface area contributed by atoms with E-state index in [4.69, 9.17) is 4.74 Å². The lowest BCUT2D eigenvalue weighted by Crippen LogP contribution is -2.54. The third-order valence-electron chi connectivity index (χ3n) is 11.9. The lowest BCUT2D eigenvalue weighted by Gasteiger charge is -2.36. The van der Waals surface area contributed by atoms with Gasteiger partial charge in [0.05, 0.1) is 29.6 Å². The van der Waals surface area contributed by atoms with Crippen LogP contribution in [-0.2, 0) is 30.1 Å². The Hall–Kier alpha value is -7.84. The van der Waals surface area contributed by atoms with Crippen LogP contribution in [0, 0.1) is 0 Å². The zero-order valence-corrected chi connectivity index (χ0v) is 37.7. The Morgan fingerprint density at radius 3 is 2.26 bits per heavy atom. The minimum Gasteiger partial charge on any atom is -0.494 e. The van der Waals surface area contributed by atoms with Gasteiger partial charge in [0.1, 0.15) is 23.2 Å². The van der Waals surface area contributed by atoms with Gasteiger partial charge in [-0.15, -0.1) is 0 Å². The van der Waals surface area contributed by atoms with Crippen LogP contribution in [0.25, 0.3) is 0 Å². The summed E-state index contributed by atoms with van der Waals surface area (Å²) in [6, 6.07) is 14.9. The number of carbonyl (C=O) groups is 7. The maximum atomic E-state index is 14.0. The van der Waals surface area contributed by atoms with Gasteiger partial charge in [0.25, 0.3) is 11.8 Å². The lowest BCUT2D eigenvalue weighted by atomic mass is 10.0. The molecule has 4 aromatic rings. The number of halogens is 3. The number of rotatable bonds is 19. The maximum Gasteiger partial charge on any atom is 0.421 e. The van der Waals surface area contributed by atoms with Crippen molar-refractivity contribution in [2.45, 2.75) is 76.4 Å². The van der Waals surface area contributed by atoms with E-state index >= 15 is 0 Å². The summed E-state index contributed by atoms with van der Waals surface area (Å²) in [5.74, 6) is -3.47. The number of amides is 7. The second kappa shape index (κ2) is 21.9. The van der Waals surface area contributed by atoms with Crippen LogP contribution in [0.15, 0.2) is 79.5 Å². The van der Waals surface area contributed by atoms with E-state index in [1.807, 2.05) is 11.0 Å². The van der Waals surface area contributed by atoms with Crippen molar-refractivity contribution in [3.63, 3.8) is 0 Å². The molecule has 2 saturated heterocycles. The number of unbranched alkanes of at least 4 members (excludes halogenated alkanes) is 5. The molecule has 0 saturated carbocycles. The summed E-state index contributed by atoms with van der Waals surface area (Å²) >= 11 is 0. The number of fused-ring (bicyclic) bond motifs is 1. The fourth-order valence-electron chi connectivity index (χ4n) is 8.32. The van der Waals surface area contributed by atoms with Crippen molar-refractivity contribution in [3.8, 4) is 5.75 Å². The van der Waals surface area contributed by atoms with Crippen molar-refractivity contribution < 1.29 is 51.5 Å². The summed E-state index contributed by atoms with van der Waals surface area (Å²) in [7, 11) is 1.47. The van der Waals surface area contributed by atoms with Gasteiger partial charge in [-0.1, -0.05) is 44.4 Å². The highest BCUT2D eigenvalue weighted by molar-refractivity contribution is 6.26. The smallest absolute Gasteiger partial charge is 0.421 e. The normalized spacial score (nSPS) is 15.9. The lowest BCUT2D eigenvalue weighted by molar-refractivity contribution is -0.138. The summed E-state index contributed by atoms with van der Waals surface area (Å²) in [5, 5.41) is 13.1. The van der Waals surface area contributed by atoms with Crippen LogP contribution in [0.5, 0.6) is 5.75 Å². The van der Waals surface area contributed by atoms with Crippen LogP contribution in [0.3, 0.4) is 0 Å². The van der Waals surface area contributed by atoms with Gasteiger partial charge in [0.15, 0.2) is 0 Å². The van der Waals surface area contributed by atoms with Crippen molar-refractivity contribution in [2.75, 3.05) is 59.5 Å². The van der Waals surface area contributed by atoms with Crippen LogP contribution < -0.4 is 36.2 Å². The second-order valence-corrected chi connectivity index (χ2v) is 16.6. The molecule has 3 aromatic carbocycles. The van der Waals surface area contributed by atoms with E-state index in [0.717, 1.165) is 48.8 Å². The first kappa shape index (κ1) is 49.1. The van der Waals surface area contributed by atoms with E-state index in [-0.39, 0.29) is 59.5 Å². The van der Waals surface area contributed by atoms with E-state index in [1.54, 1.807) is 30.3 Å². The summed E-state index contributed by atoms with van der Waals surface area (Å²) in [5.41, 5.74) is 1.03. The molecular weight excluding hydrogens is 902 g/mol. The molecule has 18 nitrogen and oxygen atoms in total. The van der Waals surface area contributed by atoms with Gasteiger partial charge in [-0.3, -0.25) is 43.8 Å². The van der Waals surface area contributed by atoms with Crippen molar-refractivity contribution in [3.05, 3.63) is 96.2 Å². The van der Waals surface area contributed by atoms with Gasteiger partial charge in [-0.05, 0) is 67.8 Å². The monoisotopic (exact) mass is 952 g/mol. The molecule has 0 radical (unpaired) electrons. The van der Waals surface area contributed by atoms with E-state index in [1.165, 1.54) is 31.4 Å². The number of piperidine rings is 1. The van der Waals surface area contributed by atoms with Gasteiger partial charge in [-0.25, -0.2) is 4.98 Å². The fraction of sp³-hybridized carbons (Fsp3) is 0.354. The van der Waals surface area contributed by atoms with E-state index in [2.05, 4.69) is 48.0 Å².